The second-order valence-electron chi connectivity index (χ2n) is 7.83. The smallest absolute Gasteiger partial charge is 0.138 e. The second-order valence-corrected chi connectivity index (χ2v) is 7.83. The van der Waals surface area contributed by atoms with Crippen LogP contribution in [0.3, 0.4) is 0 Å². The highest BCUT2D eigenvalue weighted by Gasteiger charge is 2.31. The van der Waals surface area contributed by atoms with Crippen molar-refractivity contribution in [1.29, 1.82) is 10.8 Å². The van der Waals surface area contributed by atoms with Gasteiger partial charge in [0.15, 0.2) is 0 Å². The number of rotatable bonds is 5. The van der Waals surface area contributed by atoms with E-state index in [4.69, 9.17) is 10.8 Å². The molecule has 0 unspecified atom stereocenters. The van der Waals surface area contributed by atoms with Crippen LogP contribution in [0.25, 0.3) is 0 Å². The van der Waals surface area contributed by atoms with Gasteiger partial charge in [-0.25, -0.2) is 0 Å². The molecule has 0 saturated carbocycles. The Balaban J connectivity index is 2.58. The van der Waals surface area contributed by atoms with Crippen molar-refractivity contribution in [1.82, 2.24) is 0 Å². The standard InChI is InChI=1S/C23H31N3/c1-7-13-23(5,6)22(25)26(20-12-11-17(3)14-18(20)4)21(24)19-10-8-9-16(2)15-19/h8-12,14-15,24-25H,7,13H2,1-6H3. The maximum Gasteiger partial charge on any atom is 0.138 e. The molecule has 26 heavy (non-hydrogen) atoms. The van der Waals surface area contributed by atoms with Crippen LogP contribution in [0, 0.1) is 37.0 Å². The van der Waals surface area contributed by atoms with E-state index >= 15 is 0 Å². The molecule has 0 aliphatic heterocycles. The van der Waals surface area contributed by atoms with Crippen LogP contribution in [0.5, 0.6) is 0 Å². The zero-order chi connectivity index (χ0) is 19.5. The maximum absolute atomic E-state index is 8.96. The molecule has 0 spiro atoms. The van der Waals surface area contributed by atoms with Gasteiger partial charge in [0.25, 0.3) is 0 Å². The summed E-state index contributed by atoms with van der Waals surface area (Å²) in [7, 11) is 0. The summed E-state index contributed by atoms with van der Waals surface area (Å²) in [5.74, 6) is 0.827. The third kappa shape index (κ3) is 4.21. The van der Waals surface area contributed by atoms with Gasteiger partial charge in [-0.3, -0.25) is 15.7 Å². The summed E-state index contributed by atoms with van der Waals surface area (Å²) in [5, 5.41) is 17.9. The number of benzene rings is 2. The minimum absolute atomic E-state index is 0.303. The molecule has 0 fully saturated rings. The van der Waals surface area contributed by atoms with Gasteiger partial charge in [0.2, 0.25) is 0 Å². The summed E-state index contributed by atoms with van der Waals surface area (Å²) in [6, 6.07) is 14.2. The lowest BCUT2D eigenvalue weighted by Gasteiger charge is -2.36. The molecule has 0 amide bonds. The van der Waals surface area contributed by atoms with Crippen molar-refractivity contribution in [2.24, 2.45) is 5.41 Å². The monoisotopic (exact) mass is 349 g/mol. The average Bonchev–Trinajstić information content (AvgIpc) is 2.56. The van der Waals surface area contributed by atoms with E-state index in [1.54, 1.807) is 0 Å². The van der Waals surface area contributed by atoms with Crippen LogP contribution in [0.15, 0.2) is 42.5 Å². The van der Waals surface area contributed by atoms with Crippen LogP contribution >= 0.6 is 0 Å². The van der Waals surface area contributed by atoms with E-state index in [1.807, 2.05) is 42.2 Å². The minimum atomic E-state index is -0.303. The number of nitrogens with one attached hydrogen (secondary N) is 2. The van der Waals surface area contributed by atoms with Crippen molar-refractivity contribution >= 4 is 17.4 Å². The molecule has 0 atom stereocenters. The van der Waals surface area contributed by atoms with Crippen molar-refractivity contribution in [2.75, 3.05) is 4.90 Å². The van der Waals surface area contributed by atoms with Crippen molar-refractivity contribution < 1.29 is 0 Å². The van der Waals surface area contributed by atoms with Gasteiger partial charge in [-0.2, -0.15) is 0 Å². The molecule has 2 aromatic carbocycles. The molecule has 0 bridgehead atoms. The fraction of sp³-hybridized carbons (Fsp3) is 0.391. The summed E-state index contributed by atoms with van der Waals surface area (Å²) in [5.41, 5.74) is 4.83. The first kappa shape index (κ1) is 19.9. The molecule has 0 aromatic heterocycles. The molecule has 2 N–H and O–H groups in total. The Hall–Kier alpha value is -2.42. The Bertz CT molecular complexity index is 818. The number of nitrogens with zero attached hydrogens (tertiary/aromatic N) is 1. The predicted molar refractivity (Wildman–Crippen MR) is 113 cm³/mol. The van der Waals surface area contributed by atoms with E-state index in [-0.39, 0.29) is 5.41 Å². The van der Waals surface area contributed by atoms with Crippen LogP contribution < -0.4 is 4.90 Å². The highest BCUT2D eigenvalue weighted by Crippen LogP contribution is 2.32. The SMILES string of the molecule is CCCC(C)(C)C(=N)N(C(=N)c1cccc(C)c1)c1ccc(C)cc1C. The number of hydrogen-bond donors (Lipinski definition) is 2. The largest absolute Gasteiger partial charge is 0.287 e. The van der Waals surface area contributed by atoms with E-state index in [0.29, 0.717) is 11.7 Å². The summed E-state index contributed by atoms with van der Waals surface area (Å²) in [6.07, 6.45) is 1.92. The normalized spacial score (nSPS) is 11.3. The molecular formula is C23H31N3. The Kier molecular flexibility index (Phi) is 6.01. The number of hydrogen-bond acceptors (Lipinski definition) is 2. The van der Waals surface area contributed by atoms with Crippen molar-refractivity contribution in [2.45, 2.75) is 54.4 Å². The van der Waals surface area contributed by atoms with Crippen molar-refractivity contribution in [3.8, 4) is 0 Å². The van der Waals surface area contributed by atoms with E-state index < -0.39 is 0 Å². The number of amidine groups is 2. The van der Waals surface area contributed by atoms with E-state index in [2.05, 4.69) is 46.8 Å². The maximum atomic E-state index is 8.96. The third-order valence-corrected chi connectivity index (χ3v) is 4.85. The zero-order valence-electron chi connectivity index (χ0n) is 16.9. The fourth-order valence-electron chi connectivity index (χ4n) is 3.38. The third-order valence-electron chi connectivity index (χ3n) is 4.85. The number of aryl methyl sites for hydroxylation is 3. The Morgan fingerprint density at radius 2 is 1.62 bits per heavy atom. The van der Waals surface area contributed by atoms with Crippen LogP contribution in [0.1, 0.15) is 55.9 Å². The van der Waals surface area contributed by atoms with Crippen molar-refractivity contribution in [3.05, 3.63) is 64.7 Å². The van der Waals surface area contributed by atoms with Crippen LogP contribution in [0.4, 0.5) is 5.69 Å². The first-order chi connectivity index (χ1) is 12.2. The molecule has 0 radical (unpaired) electrons. The predicted octanol–water partition coefficient (Wildman–Crippen LogP) is 6.25. The molecule has 0 aliphatic rings. The highest BCUT2D eigenvalue weighted by atomic mass is 15.2. The minimum Gasteiger partial charge on any atom is -0.287 e. The summed E-state index contributed by atoms with van der Waals surface area (Å²) >= 11 is 0. The lowest BCUT2D eigenvalue weighted by atomic mass is 9.85. The van der Waals surface area contributed by atoms with Gasteiger partial charge in [0.1, 0.15) is 11.7 Å². The van der Waals surface area contributed by atoms with Crippen LogP contribution in [-0.2, 0) is 0 Å². The van der Waals surface area contributed by atoms with Crippen LogP contribution in [-0.4, -0.2) is 11.7 Å². The van der Waals surface area contributed by atoms with Gasteiger partial charge < -0.3 is 0 Å². The summed E-state index contributed by atoms with van der Waals surface area (Å²) in [4.78, 5) is 1.82. The Morgan fingerprint density at radius 1 is 0.962 bits per heavy atom. The van der Waals surface area contributed by atoms with Gasteiger partial charge in [-0.1, -0.05) is 68.7 Å². The molecule has 0 heterocycles. The molecule has 2 aromatic rings. The molecular weight excluding hydrogens is 318 g/mol. The van der Waals surface area contributed by atoms with Crippen LogP contribution in [0.2, 0.25) is 0 Å². The Morgan fingerprint density at radius 3 is 2.19 bits per heavy atom. The average molecular weight is 350 g/mol. The molecule has 3 heteroatoms. The number of anilines is 1. The quantitative estimate of drug-likeness (QED) is 0.486. The topological polar surface area (TPSA) is 50.9 Å². The first-order valence-electron chi connectivity index (χ1n) is 9.29. The van der Waals surface area contributed by atoms with E-state index in [0.717, 1.165) is 35.2 Å². The Labute approximate surface area is 158 Å². The fourth-order valence-corrected chi connectivity index (χ4v) is 3.38. The highest BCUT2D eigenvalue weighted by molar-refractivity contribution is 6.24. The summed E-state index contributed by atoms with van der Waals surface area (Å²) < 4.78 is 0. The molecule has 3 nitrogen and oxygen atoms in total. The molecule has 2 rings (SSSR count). The lowest BCUT2D eigenvalue weighted by molar-refractivity contribution is 0.462. The van der Waals surface area contributed by atoms with E-state index in [1.165, 1.54) is 5.56 Å². The van der Waals surface area contributed by atoms with Gasteiger partial charge in [0, 0.05) is 11.0 Å². The summed E-state index contributed by atoms with van der Waals surface area (Å²) in [6.45, 7) is 12.5. The lowest BCUT2D eigenvalue weighted by Crippen LogP contribution is -2.45. The van der Waals surface area contributed by atoms with Gasteiger partial charge in [-0.15, -0.1) is 0 Å². The van der Waals surface area contributed by atoms with E-state index in [9.17, 15) is 0 Å². The van der Waals surface area contributed by atoms with Gasteiger partial charge in [0.05, 0.1) is 5.69 Å². The van der Waals surface area contributed by atoms with Gasteiger partial charge in [-0.05, 0) is 44.9 Å². The second kappa shape index (κ2) is 7.86. The first-order valence-corrected chi connectivity index (χ1v) is 9.29. The molecule has 138 valence electrons. The van der Waals surface area contributed by atoms with Gasteiger partial charge >= 0.3 is 0 Å². The molecule has 0 saturated heterocycles. The zero-order valence-corrected chi connectivity index (χ0v) is 16.9. The van der Waals surface area contributed by atoms with Crippen molar-refractivity contribution in [3.63, 3.8) is 0 Å². The molecule has 0 aliphatic carbocycles.